The predicted molar refractivity (Wildman–Crippen MR) is 95.5 cm³/mol. The summed E-state index contributed by atoms with van der Waals surface area (Å²) in [6.07, 6.45) is 2.54. The van der Waals surface area contributed by atoms with Gasteiger partial charge in [0.15, 0.2) is 0 Å². The lowest BCUT2D eigenvalue weighted by molar-refractivity contribution is -0.114. The van der Waals surface area contributed by atoms with Crippen LogP contribution in [-0.2, 0) is 4.79 Å². The van der Waals surface area contributed by atoms with E-state index in [1.54, 1.807) is 25.1 Å². The molecule has 0 radical (unpaired) electrons. The number of carbonyl (C=O) groups is 1. The van der Waals surface area contributed by atoms with Gasteiger partial charge in [0, 0.05) is 6.20 Å². The molecule has 0 saturated heterocycles. The number of carbonyl (C=O) groups excluding carboxylic acids is 1. The third-order valence-electron chi connectivity index (χ3n) is 3.75. The second-order valence-corrected chi connectivity index (χ2v) is 5.61. The Balaban J connectivity index is 2.28. The van der Waals surface area contributed by atoms with Crippen molar-refractivity contribution in [2.24, 2.45) is 5.73 Å². The number of nitriles is 1. The second kappa shape index (κ2) is 7.09. The number of aryl methyl sites for hydroxylation is 1. The molecular weight excluding hydrogens is 351 g/mol. The van der Waals surface area contributed by atoms with E-state index >= 15 is 0 Å². The van der Waals surface area contributed by atoms with Crippen molar-refractivity contribution < 1.29 is 13.9 Å². The van der Waals surface area contributed by atoms with Crippen LogP contribution in [0.3, 0.4) is 0 Å². The van der Waals surface area contributed by atoms with E-state index in [2.05, 4.69) is 4.98 Å². The van der Waals surface area contributed by atoms with Gasteiger partial charge in [-0.2, -0.15) is 10.2 Å². The monoisotopic (exact) mass is 364 g/mol. The first-order chi connectivity index (χ1) is 12.9. The molecule has 1 amide bonds. The van der Waals surface area contributed by atoms with E-state index in [1.165, 1.54) is 34.9 Å². The molecule has 3 aromatic rings. The van der Waals surface area contributed by atoms with Crippen LogP contribution in [0, 0.1) is 24.1 Å². The Bertz CT molecular complexity index is 1170. The molecule has 134 valence electrons. The average molecular weight is 364 g/mol. The fraction of sp³-hybridized carbons (Fsp3) is 0.0526. The van der Waals surface area contributed by atoms with Crippen LogP contribution in [0.15, 0.2) is 53.0 Å². The average Bonchev–Trinajstić information content (AvgIpc) is 2.64. The highest BCUT2D eigenvalue weighted by Crippen LogP contribution is 2.24. The van der Waals surface area contributed by atoms with Crippen molar-refractivity contribution in [3.05, 3.63) is 75.5 Å². The number of primary amides is 1. The van der Waals surface area contributed by atoms with Crippen molar-refractivity contribution in [3.8, 4) is 17.7 Å². The molecule has 0 aliphatic rings. The number of halogens is 1. The molecule has 0 aliphatic heterocycles. The largest absolute Gasteiger partial charge is 0.438 e. The van der Waals surface area contributed by atoms with Crippen LogP contribution in [0.1, 0.15) is 11.1 Å². The number of rotatable bonds is 4. The molecule has 3 rings (SSSR count). The molecule has 2 N–H and O–H groups in total. The maximum Gasteiger partial charge on any atom is 0.269 e. The van der Waals surface area contributed by atoms with E-state index in [0.717, 1.165) is 6.08 Å². The summed E-state index contributed by atoms with van der Waals surface area (Å²) >= 11 is 0. The Hall–Kier alpha value is -3.99. The molecule has 0 bridgehead atoms. The van der Waals surface area contributed by atoms with Gasteiger partial charge in [0.25, 0.3) is 11.5 Å². The zero-order valence-corrected chi connectivity index (χ0v) is 14.1. The number of hydrogen-bond donors (Lipinski definition) is 1. The molecular formula is C19H13FN4O3. The number of benzene rings is 1. The standard InChI is InChI=1S/C19H13FN4O3/c1-11-3-2-8-24-17(11)23-18(27-14-6-4-13(20)5-7-14)15(19(24)26)9-12(10-21)16(22)25/h2-9H,1H3,(H2,22,25). The first kappa shape index (κ1) is 17.8. The Morgan fingerprint density at radius 2 is 2.04 bits per heavy atom. The molecule has 8 heteroatoms. The van der Waals surface area contributed by atoms with E-state index in [9.17, 15) is 14.0 Å². The van der Waals surface area contributed by atoms with Crippen LogP contribution in [0.2, 0.25) is 0 Å². The maximum atomic E-state index is 13.1. The van der Waals surface area contributed by atoms with Gasteiger partial charge in [-0.3, -0.25) is 14.0 Å². The minimum Gasteiger partial charge on any atom is -0.438 e. The first-order valence-electron chi connectivity index (χ1n) is 7.77. The predicted octanol–water partition coefficient (Wildman–Crippen LogP) is 2.33. The van der Waals surface area contributed by atoms with Crippen molar-refractivity contribution >= 4 is 17.6 Å². The van der Waals surface area contributed by atoms with Gasteiger partial charge in [0.2, 0.25) is 5.88 Å². The van der Waals surface area contributed by atoms with E-state index in [4.69, 9.17) is 15.7 Å². The smallest absolute Gasteiger partial charge is 0.269 e. The molecule has 0 spiro atoms. The highest BCUT2D eigenvalue weighted by molar-refractivity contribution is 6.00. The van der Waals surface area contributed by atoms with Crippen LogP contribution in [-0.4, -0.2) is 15.3 Å². The third kappa shape index (κ3) is 3.52. The number of fused-ring (bicyclic) bond motifs is 1. The SMILES string of the molecule is Cc1cccn2c(=O)c(C=C(C#N)C(N)=O)c(Oc3ccc(F)cc3)nc12. The van der Waals surface area contributed by atoms with Gasteiger partial charge in [-0.1, -0.05) is 6.07 Å². The van der Waals surface area contributed by atoms with Crippen LogP contribution >= 0.6 is 0 Å². The second-order valence-electron chi connectivity index (χ2n) is 5.61. The van der Waals surface area contributed by atoms with Crippen LogP contribution in [0.4, 0.5) is 4.39 Å². The maximum absolute atomic E-state index is 13.1. The van der Waals surface area contributed by atoms with Crippen LogP contribution in [0.25, 0.3) is 11.7 Å². The lowest BCUT2D eigenvalue weighted by Gasteiger charge is -2.11. The van der Waals surface area contributed by atoms with E-state index in [-0.39, 0.29) is 17.2 Å². The minimum absolute atomic E-state index is 0.127. The normalized spacial score (nSPS) is 11.2. The van der Waals surface area contributed by atoms with Crippen LogP contribution in [0.5, 0.6) is 11.6 Å². The molecule has 0 fully saturated rings. The zero-order chi connectivity index (χ0) is 19.6. The molecule has 0 atom stereocenters. The third-order valence-corrected chi connectivity index (χ3v) is 3.75. The Morgan fingerprint density at radius 3 is 2.67 bits per heavy atom. The Labute approximate surface area is 152 Å². The molecule has 1 aromatic carbocycles. The van der Waals surface area contributed by atoms with Crippen molar-refractivity contribution in [2.45, 2.75) is 6.92 Å². The van der Waals surface area contributed by atoms with Crippen LogP contribution < -0.4 is 16.0 Å². The minimum atomic E-state index is -0.987. The number of aromatic nitrogens is 2. The van der Waals surface area contributed by atoms with Crippen molar-refractivity contribution in [2.75, 3.05) is 0 Å². The number of hydrogen-bond acceptors (Lipinski definition) is 5. The van der Waals surface area contributed by atoms with Gasteiger partial charge in [-0.25, -0.2) is 4.39 Å². The molecule has 0 aliphatic carbocycles. The number of pyridine rings is 1. The summed E-state index contributed by atoms with van der Waals surface area (Å²) in [5.74, 6) is -1.34. The Kier molecular flexibility index (Phi) is 4.68. The summed E-state index contributed by atoms with van der Waals surface area (Å²) in [6.45, 7) is 1.77. The van der Waals surface area contributed by atoms with E-state index in [1.807, 2.05) is 0 Å². The lowest BCUT2D eigenvalue weighted by atomic mass is 10.1. The summed E-state index contributed by atoms with van der Waals surface area (Å²) in [6, 6.07) is 10.2. The number of nitrogens with zero attached hydrogens (tertiary/aromatic N) is 3. The topological polar surface area (TPSA) is 110 Å². The first-order valence-corrected chi connectivity index (χ1v) is 7.77. The fourth-order valence-electron chi connectivity index (χ4n) is 2.41. The molecule has 2 heterocycles. The lowest BCUT2D eigenvalue weighted by Crippen LogP contribution is -2.20. The Morgan fingerprint density at radius 1 is 1.33 bits per heavy atom. The molecule has 2 aromatic heterocycles. The van der Waals surface area contributed by atoms with Gasteiger partial charge in [-0.05, 0) is 48.9 Å². The van der Waals surface area contributed by atoms with E-state index in [0.29, 0.717) is 11.2 Å². The van der Waals surface area contributed by atoms with Gasteiger partial charge in [0.05, 0.1) is 0 Å². The van der Waals surface area contributed by atoms with Gasteiger partial charge >= 0.3 is 0 Å². The molecule has 0 unspecified atom stereocenters. The molecule has 7 nitrogen and oxygen atoms in total. The van der Waals surface area contributed by atoms with Crippen molar-refractivity contribution in [1.29, 1.82) is 5.26 Å². The molecule has 0 saturated carbocycles. The van der Waals surface area contributed by atoms with Crippen molar-refractivity contribution in [3.63, 3.8) is 0 Å². The number of ether oxygens (including phenoxy) is 1. The van der Waals surface area contributed by atoms with Gasteiger partial charge in [-0.15, -0.1) is 0 Å². The van der Waals surface area contributed by atoms with Gasteiger partial charge in [0.1, 0.15) is 34.4 Å². The zero-order valence-electron chi connectivity index (χ0n) is 14.1. The summed E-state index contributed by atoms with van der Waals surface area (Å²) in [5.41, 5.74) is 5.12. The van der Waals surface area contributed by atoms with Gasteiger partial charge < -0.3 is 10.5 Å². The summed E-state index contributed by atoms with van der Waals surface area (Å²) in [7, 11) is 0. The van der Waals surface area contributed by atoms with Crippen molar-refractivity contribution in [1.82, 2.24) is 9.38 Å². The highest BCUT2D eigenvalue weighted by Gasteiger charge is 2.17. The summed E-state index contributed by atoms with van der Waals surface area (Å²) < 4.78 is 20.0. The quantitative estimate of drug-likeness (QED) is 0.564. The summed E-state index contributed by atoms with van der Waals surface area (Å²) in [5, 5.41) is 9.09. The highest BCUT2D eigenvalue weighted by atomic mass is 19.1. The summed E-state index contributed by atoms with van der Waals surface area (Å²) in [4.78, 5) is 28.6. The van der Waals surface area contributed by atoms with E-state index < -0.39 is 22.9 Å². The number of nitrogens with two attached hydrogens (primary N) is 1. The fourth-order valence-corrected chi connectivity index (χ4v) is 2.41. The molecule has 27 heavy (non-hydrogen) atoms. The number of amides is 1.